The molecule has 6 nitrogen and oxygen atoms in total. The zero-order valence-electron chi connectivity index (χ0n) is 17.0. The van der Waals surface area contributed by atoms with Gasteiger partial charge < -0.3 is 4.90 Å². The Morgan fingerprint density at radius 1 is 1.00 bits per heavy atom. The standard InChI is InChI=1S/C24H24N4O2/c1-17-7-9-18(10-8-17)15-20(29)27-13-11-24(16-27)12-14-28-22(30)21(25-26-23(24)28)19-5-3-2-4-6-19/h2-10H,11-16H2,1H3. The molecule has 3 heterocycles. The summed E-state index contributed by atoms with van der Waals surface area (Å²) in [6.07, 6.45) is 2.05. The van der Waals surface area contributed by atoms with E-state index in [0.29, 0.717) is 31.7 Å². The molecule has 0 saturated carbocycles. The fraction of sp³-hybridized carbons (Fsp3) is 0.333. The fourth-order valence-corrected chi connectivity index (χ4v) is 4.70. The fourth-order valence-electron chi connectivity index (χ4n) is 4.70. The van der Waals surface area contributed by atoms with Crippen LogP contribution in [0.2, 0.25) is 0 Å². The number of amides is 1. The zero-order valence-corrected chi connectivity index (χ0v) is 17.0. The summed E-state index contributed by atoms with van der Waals surface area (Å²) < 4.78 is 1.77. The number of benzene rings is 2. The van der Waals surface area contributed by atoms with Crippen LogP contribution < -0.4 is 5.56 Å². The molecule has 2 aliphatic rings. The summed E-state index contributed by atoms with van der Waals surface area (Å²) in [5, 5.41) is 8.79. The Balaban J connectivity index is 1.38. The lowest BCUT2D eigenvalue weighted by atomic mass is 9.85. The molecule has 2 aliphatic heterocycles. The van der Waals surface area contributed by atoms with Crippen molar-refractivity contribution >= 4 is 5.91 Å². The highest BCUT2D eigenvalue weighted by Gasteiger charge is 2.48. The van der Waals surface area contributed by atoms with Gasteiger partial charge in [0.15, 0.2) is 5.69 Å². The topological polar surface area (TPSA) is 68.1 Å². The quantitative estimate of drug-likeness (QED) is 0.678. The van der Waals surface area contributed by atoms with E-state index in [1.165, 1.54) is 5.56 Å². The highest BCUT2D eigenvalue weighted by atomic mass is 16.2. The first-order valence-electron chi connectivity index (χ1n) is 10.4. The van der Waals surface area contributed by atoms with E-state index in [0.717, 1.165) is 29.8 Å². The lowest BCUT2D eigenvalue weighted by molar-refractivity contribution is -0.129. The summed E-state index contributed by atoms with van der Waals surface area (Å²) in [4.78, 5) is 27.9. The number of aryl methyl sites for hydroxylation is 1. The number of nitrogens with zero attached hydrogens (tertiary/aromatic N) is 4. The van der Waals surface area contributed by atoms with E-state index in [4.69, 9.17) is 0 Å². The monoisotopic (exact) mass is 400 g/mol. The normalized spacial score (nSPS) is 20.0. The summed E-state index contributed by atoms with van der Waals surface area (Å²) >= 11 is 0. The zero-order chi connectivity index (χ0) is 20.7. The molecule has 1 fully saturated rings. The van der Waals surface area contributed by atoms with E-state index in [-0.39, 0.29) is 16.9 Å². The molecule has 30 heavy (non-hydrogen) atoms. The van der Waals surface area contributed by atoms with Crippen molar-refractivity contribution in [2.24, 2.45) is 0 Å². The molecule has 1 atom stereocenters. The maximum atomic E-state index is 13.1. The van der Waals surface area contributed by atoms with Crippen LogP contribution in [0.3, 0.4) is 0 Å². The van der Waals surface area contributed by atoms with Crippen molar-refractivity contribution in [2.45, 2.75) is 38.1 Å². The van der Waals surface area contributed by atoms with E-state index in [2.05, 4.69) is 10.2 Å². The van der Waals surface area contributed by atoms with Crippen LogP contribution in [-0.2, 0) is 23.2 Å². The van der Waals surface area contributed by atoms with Crippen molar-refractivity contribution in [3.63, 3.8) is 0 Å². The van der Waals surface area contributed by atoms with Crippen LogP contribution >= 0.6 is 0 Å². The number of aromatic nitrogens is 3. The van der Waals surface area contributed by atoms with Crippen molar-refractivity contribution in [1.29, 1.82) is 0 Å². The number of carbonyl (C=O) groups excluding carboxylic acids is 1. The van der Waals surface area contributed by atoms with Gasteiger partial charge in [-0.15, -0.1) is 10.2 Å². The van der Waals surface area contributed by atoms with Crippen LogP contribution in [0.4, 0.5) is 0 Å². The third-order valence-corrected chi connectivity index (χ3v) is 6.47. The first-order chi connectivity index (χ1) is 14.6. The molecule has 6 heteroatoms. The molecule has 1 amide bonds. The molecular weight excluding hydrogens is 376 g/mol. The Hall–Kier alpha value is -3.28. The van der Waals surface area contributed by atoms with Crippen LogP contribution in [0, 0.1) is 6.92 Å². The molecule has 152 valence electrons. The largest absolute Gasteiger partial charge is 0.341 e. The van der Waals surface area contributed by atoms with Crippen molar-refractivity contribution < 1.29 is 4.79 Å². The van der Waals surface area contributed by atoms with Crippen molar-refractivity contribution in [3.05, 3.63) is 81.9 Å². The van der Waals surface area contributed by atoms with Crippen LogP contribution in [-0.4, -0.2) is 38.7 Å². The van der Waals surface area contributed by atoms with E-state index in [1.807, 2.05) is 66.4 Å². The highest BCUT2D eigenvalue weighted by Crippen LogP contribution is 2.40. The molecule has 1 aromatic heterocycles. The number of fused-ring (bicyclic) bond motifs is 2. The smallest absolute Gasteiger partial charge is 0.280 e. The number of likely N-dealkylation sites (tertiary alicyclic amines) is 1. The van der Waals surface area contributed by atoms with E-state index in [1.54, 1.807) is 4.57 Å². The van der Waals surface area contributed by atoms with Crippen molar-refractivity contribution in [2.75, 3.05) is 13.1 Å². The molecule has 1 saturated heterocycles. The minimum Gasteiger partial charge on any atom is -0.341 e. The molecule has 1 unspecified atom stereocenters. The van der Waals surface area contributed by atoms with Crippen molar-refractivity contribution in [3.8, 4) is 11.3 Å². The molecule has 2 aromatic carbocycles. The molecule has 0 bridgehead atoms. The highest BCUT2D eigenvalue weighted by molar-refractivity contribution is 5.79. The van der Waals surface area contributed by atoms with E-state index < -0.39 is 0 Å². The summed E-state index contributed by atoms with van der Waals surface area (Å²) in [7, 11) is 0. The van der Waals surface area contributed by atoms with Gasteiger partial charge in [0.25, 0.3) is 5.56 Å². The van der Waals surface area contributed by atoms with E-state index in [9.17, 15) is 9.59 Å². The van der Waals surface area contributed by atoms with Gasteiger partial charge in [-0.25, -0.2) is 0 Å². The van der Waals surface area contributed by atoms with Gasteiger partial charge in [0, 0.05) is 25.2 Å². The molecular formula is C24H24N4O2. The SMILES string of the molecule is Cc1ccc(CC(=O)N2CCC3(CCn4c3nnc(-c3ccccc3)c4=O)C2)cc1. The maximum Gasteiger partial charge on any atom is 0.280 e. The summed E-state index contributed by atoms with van der Waals surface area (Å²) in [5.41, 5.74) is 3.04. The lowest BCUT2D eigenvalue weighted by Crippen LogP contribution is -2.36. The maximum absolute atomic E-state index is 13.1. The number of hydrogen-bond acceptors (Lipinski definition) is 4. The molecule has 5 rings (SSSR count). The predicted molar refractivity (Wildman–Crippen MR) is 114 cm³/mol. The Bertz CT molecular complexity index is 1150. The minimum absolute atomic E-state index is 0.0903. The molecule has 0 aliphatic carbocycles. The second-order valence-electron chi connectivity index (χ2n) is 8.45. The Morgan fingerprint density at radius 3 is 2.50 bits per heavy atom. The first kappa shape index (κ1) is 18.7. The third-order valence-electron chi connectivity index (χ3n) is 6.47. The van der Waals surface area contributed by atoms with Gasteiger partial charge in [0.05, 0.1) is 11.8 Å². The lowest BCUT2D eigenvalue weighted by Gasteiger charge is -2.23. The van der Waals surface area contributed by atoms with Gasteiger partial charge in [-0.05, 0) is 25.3 Å². The average molecular weight is 400 g/mol. The van der Waals surface area contributed by atoms with Crippen LogP contribution in [0.15, 0.2) is 59.4 Å². The van der Waals surface area contributed by atoms with Gasteiger partial charge in [-0.1, -0.05) is 60.2 Å². The van der Waals surface area contributed by atoms with Crippen LogP contribution in [0.1, 0.15) is 29.8 Å². The first-order valence-corrected chi connectivity index (χ1v) is 10.4. The second-order valence-corrected chi connectivity index (χ2v) is 8.45. The minimum atomic E-state index is -0.260. The molecule has 1 spiro atoms. The van der Waals surface area contributed by atoms with Crippen LogP contribution in [0.5, 0.6) is 0 Å². The Labute approximate surface area is 175 Å². The molecule has 3 aromatic rings. The molecule has 0 radical (unpaired) electrons. The number of carbonyl (C=O) groups is 1. The molecule has 0 N–H and O–H groups in total. The van der Waals surface area contributed by atoms with Gasteiger partial charge in [0.2, 0.25) is 5.91 Å². The van der Waals surface area contributed by atoms with Gasteiger partial charge in [-0.2, -0.15) is 0 Å². The van der Waals surface area contributed by atoms with E-state index >= 15 is 0 Å². The Kier molecular flexibility index (Phi) is 4.50. The van der Waals surface area contributed by atoms with Crippen molar-refractivity contribution in [1.82, 2.24) is 19.7 Å². The van der Waals surface area contributed by atoms with Crippen LogP contribution in [0.25, 0.3) is 11.3 Å². The predicted octanol–water partition coefficient (Wildman–Crippen LogP) is 2.73. The summed E-state index contributed by atoms with van der Waals surface area (Å²) in [6.45, 7) is 3.97. The summed E-state index contributed by atoms with van der Waals surface area (Å²) in [5.74, 6) is 0.864. The Morgan fingerprint density at radius 2 is 1.73 bits per heavy atom. The van der Waals surface area contributed by atoms with Gasteiger partial charge >= 0.3 is 0 Å². The van der Waals surface area contributed by atoms with Gasteiger partial charge in [-0.3, -0.25) is 14.2 Å². The number of hydrogen-bond donors (Lipinski definition) is 0. The average Bonchev–Trinajstić information content (AvgIpc) is 3.36. The summed E-state index contributed by atoms with van der Waals surface area (Å²) in [6, 6.07) is 17.6. The third kappa shape index (κ3) is 3.12. The number of rotatable bonds is 3. The van der Waals surface area contributed by atoms with Gasteiger partial charge in [0.1, 0.15) is 5.82 Å². The second kappa shape index (κ2) is 7.20.